The van der Waals surface area contributed by atoms with Crippen molar-refractivity contribution in [2.45, 2.75) is 19.5 Å². The van der Waals surface area contributed by atoms with Gasteiger partial charge in [0.2, 0.25) is 0 Å². The monoisotopic (exact) mass is 182 g/mol. The number of nitrogens with zero attached hydrogens (tertiary/aromatic N) is 1. The standard InChI is InChI=1S/C9H14N2O2/c1-7(9(12)13)11(2)6-8-4-3-5-10-8/h3-5,7,10H,6H2,1-2H3,(H,12,13). The molecule has 0 amide bonds. The van der Waals surface area contributed by atoms with E-state index in [4.69, 9.17) is 5.11 Å². The highest BCUT2D eigenvalue weighted by molar-refractivity contribution is 5.72. The van der Waals surface area contributed by atoms with Crippen LogP contribution in [0.4, 0.5) is 0 Å². The summed E-state index contributed by atoms with van der Waals surface area (Å²) in [5.74, 6) is -0.797. The molecule has 2 N–H and O–H groups in total. The van der Waals surface area contributed by atoms with Crippen LogP contribution in [0.1, 0.15) is 12.6 Å². The number of carboxylic acid groups (broad SMARTS) is 1. The molecule has 0 saturated carbocycles. The highest BCUT2D eigenvalue weighted by atomic mass is 16.4. The van der Waals surface area contributed by atoms with Gasteiger partial charge in [0.05, 0.1) is 0 Å². The molecule has 1 unspecified atom stereocenters. The average Bonchev–Trinajstić information content (AvgIpc) is 2.55. The van der Waals surface area contributed by atoms with E-state index in [0.29, 0.717) is 6.54 Å². The minimum atomic E-state index is -0.797. The molecule has 1 heterocycles. The highest BCUT2D eigenvalue weighted by Gasteiger charge is 2.16. The molecule has 4 heteroatoms. The van der Waals surface area contributed by atoms with E-state index < -0.39 is 12.0 Å². The number of H-pyrrole nitrogens is 1. The lowest BCUT2D eigenvalue weighted by molar-refractivity contribution is -0.142. The van der Waals surface area contributed by atoms with Crippen molar-refractivity contribution in [1.82, 2.24) is 9.88 Å². The van der Waals surface area contributed by atoms with E-state index in [1.54, 1.807) is 18.9 Å². The number of hydrogen-bond acceptors (Lipinski definition) is 2. The molecule has 1 rings (SSSR count). The van der Waals surface area contributed by atoms with Crippen molar-refractivity contribution in [2.24, 2.45) is 0 Å². The first-order chi connectivity index (χ1) is 6.11. The predicted octanol–water partition coefficient (Wildman–Crippen LogP) is 0.920. The fraction of sp³-hybridized carbons (Fsp3) is 0.444. The number of carbonyl (C=O) groups is 1. The Balaban J connectivity index is 2.50. The molecular formula is C9H14N2O2. The van der Waals surface area contributed by atoms with Gasteiger partial charge in [0, 0.05) is 18.4 Å². The zero-order valence-corrected chi connectivity index (χ0v) is 7.82. The second kappa shape index (κ2) is 4.09. The Bertz CT molecular complexity index is 269. The van der Waals surface area contributed by atoms with E-state index in [1.165, 1.54) is 0 Å². The van der Waals surface area contributed by atoms with Gasteiger partial charge in [-0.05, 0) is 26.1 Å². The van der Waals surface area contributed by atoms with Crippen LogP contribution in [0, 0.1) is 0 Å². The lowest BCUT2D eigenvalue weighted by Gasteiger charge is -2.19. The maximum Gasteiger partial charge on any atom is 0.320 e. The molecule has 0 saturated heterocycles. The Hall–Kier alpha value is -1.29. The fourth-order valence-corrected chi connectivity index (χ4v) is 1.06. The van der Waals surface area contributed by atoms with Gasteiger partial charge in [0.1, 0.15) is 6.04 Å². The van der Waals surface area contributed by atoms with Crippen molar-refractivity contribution in [3.8, 4) is 0 Å². The van der Waals surface area contributed by atoms with E-state index in [2.05, 4.69) is 4.98 Å². The summed E-state index contributed by atoms with van der Waals surface area (Å²) < 4.78 is 0. The number of rotatable bonds is 4. The van der Waals surface area contributed by atoms with Gasteiger partial charge in [-0.25, -0.2) is 0 Å². The zero-order valence-electron chi connectivity index (χ0n) is 7.82. The minimum Gasteiger partial charge on any atom is -0.480 e. The lowest BCUT2D eigenvalue weighted by atomic mass is 10.3. The van der Waals surface area contributed by atoms with Crippen molar-refractivity contribution >= 4 is 5.97 Å². The van der Waals surface area contributed by atoms with Crippen molar-refractivity contribution in [1.29, 1.82) is 0 Å². The number of aromatic amines is 1. The van der Waals surface area contributed by atoms with Gasteiger partial charge in [-0.1, -0.05) is 0 Å². The van der Waals surface area contributed by atoms with E-state index >= 15 is 0 Å². The Kier molecular flexibility index (Phi) is 3.08. The lowest BCUT2D eigenvalue weighted by Crippen LogP contribution is -2.35. The second-order valence-corrected chi connectivity index (χ2v) is 3.12. The SMILES string of the molecule is CC(C(=O)O)N(C)Cc1ccc[nH]1. The van der Waals surface area contributed by atoms with Crippen LogP contribution < -0.4 is 0 Å². The van der Waals surface area contributed by atoms with E-state index in [9.17, 15) is 4.79 Å². The smallest absolute Gasteiger partial charge is 0.320 e. The van der Waals surface area contributed by atoms with Crippen LogP contribution in [0.2, 0.25) is 0 Å². The van der Waals surface area contributed by atoms with Gasteiger partial charge in [0.25, 0.3) is 0 Å². The molecular weight excluding hydrogens is 168 g/mol. The molecule has 0 radical (unpaired) electrons. The summed E-state index contributed by atoms with van der Waals surface area (Å²) >= 11 is 0. The summed E-state index contributed by atoms with van der Waals surface area (Å²) in [5.41, 5.74) is 1.02. The second-order valence-electron chi connectivity index (χ2n) is 3.12. The molecule has 0 aromatic carbocycles. The van der Waals surface area contributed by atoms with Gasteiger partial charge < -0.3 is 10.1 Å². The number of aromatic nitrogens is 1. The van der Waals surface area contributed by atoms with Crippen LogP contribution in [-0.4, -0.2) is 34.0 Å². The Labute approximate surface area is 77.2 Å². The molecule has 0 aliphatic heterocycles. The largest absolute Gasteiger partial charge is 0.480 e. The van der Waals surface area contributed by atoms with Gasteiger partial charge in [0.15, 0.2) is 0 Å². The minimum absolute atomic E-state index is 0.455. The first-order valence-electron chi connectivity index (χ1n) is 4.16. The maximum absolute atomic E-state index is 10.6. The molecule has 1 aromatic rings. The van der Waals surface area contributed by atoms with Crippen LogP contribution in [0.25, 0.3) is 0 Å². The number of nitrogens with one attached hydrogen (secondary N) is 1. The summed E-state index contributed by atoms with van der Waals surface area (Å²) in [6, 6.07) is 3.38. The van der Waals surface area contributed by atoms with E-state index in [1.807, 2.05) is 18.3 Å². The molecule has 0 spiro atoms. The molecule has 0 aliphatic rings. The highest BCUT2D eigenvalue weighted by Crippen LogP contribution is 2.03. The van der Waals surface area contributed by atoms with Gasteiger partial charge in [-0.15, -0.1) is 0 Å². The molecule has 72 valence electrons. The topological polar surface area (TPSA) is 56.3 Å². The Morgan fingerprint density at radius 3 is 2.92 bits per heavy atom. The van der Waals surface area contributed by atoms with Crippen LogP contribution in [0.5, 0.6) is 0 Å². The number of likely N-dealkylation sites (N-methyl/N-ethyl adjacent to an activating group) is 1. The quantitative estimate of drug-likeness (QED) is 0.728. The third-order valence-corrected chi connectivity index (χ3v) is 2.10. The Morgan fingerprint density at radius 1 is 1.77 bits per heavy atom. The summed E-state index contributed by atoms with van der Waals surface area (Å²) in [4.78, 5) is 15.4. The van der Waals surface area contributed by atoms with E-state index in [-0.39, 0.29) is 0 Å². The summed E-state index contributed by atoms with van der Waals surface area (Å²) in [5, 5.41) is 8.73. The van der Waals surface area contributed by atoms with Crippen molar-refractivity contribution in [3.63, 3.8) is 0 Å². The predicted molar refractivity (Wildman–Crippen MR) is 49.4 cm³/mol. The normalized spacial score (nSPS) is 13.2. The maximum atomic E-state index is 10.6. The van der Waals surface area contributed by atoms with Gasteiger partial charge in [-0.2, -0.15) is 0 Å². The van der Waals surface area contributed by atoms with Crippen LogP contribution in [0.3, 0.4) is 0 Å². The Morgan fingerprint density at radius 2 is 2.46 bits per heavy atom. The summed E-state index contributed by atoms with van der Waals surface area (Å²) in [6.07, 6.45) is 1.83. The van der Waals surface area contributed by atoms with Crippen LogP contribution in [-0.2, 0) is 11.3 Å². The average molecular weight is 182 g/mol. The van der Waals surface area contributed by atoms with Gasteiger partial charge >= 0.3 is 5.97 Å². The molecule has 1 atom stereocenters. The van der Waals surface area contributed by atoms with Gasteiger partial charge in [-0.3, -0.25) is 9.69 Å². The van der Waals surface area contributed by atoms with Crippen LogP contribution >= 0.6 is 0 Å². The molecule has 13 heavy (non-hydrogen) atoms. The van der Waals surface area contributed by atoms with Crippen molar-refractivity contribution in [3.05, 3.63) is 24.0 Å². The molecule has 4 nitrogen and oxygen atoms in total. The third kappa shape index (κ3) is 2.59. The van der Waals surface area contributed by atoms with E-state index in [0.717, 1.165) is 5.69 Å². The summed E-state index contributed by atoms with van der Waals surface area (Å²) in [7, 11) is 1.79. The molecule has 0 fully saturated rings. The number of aliphatic carboxylic acids is 1. The first-order valence-corrected chi connectivity index (χ1v) is 4.16. The fourth-order valence-electron chi connectivity index (χ4n) is 1.06. The van der Waals surface area contributed by atoms with Crippen molar-refractivity contribution in [2.75, 3.05) is 7.05 Å². The molecule has 0 aliphatic carbocycles. The number of hydrogen-bond donors (Lipinski definition) is 2. The third-order valence-electron chi connectivity index (χ3n) is 2.10. The molecule has 0 bridgehead atoms. The van der Waals surface area contributed by atoms with Crippen molar-refractivity contribution < 1.29 is 9.90 Å². The molecule has 1 aromatic heterocycles. The van der Waals surface area contributed by atoms with Crippen LogP contribution in [0.15, 0.2) is 18.3 Å². The summed E-state index contributed by atoms with van der Waals surface area (Å²) in [6.45, 7) is 2.30. The number of carboxylic acids is 1. The zero-order chi connectivity index (χ0) is 9.84. The first kappa shape index (κ1) is 9.80.